The van der Waals surface area contributed by atoms with Crippen LogP contribution in [-0.2, 0) is 25.6 Å². The van der Waals surface area contributed by atoms with E-state index in [1.807, 2.05) is 0 Å². The highest BCUT2D eigenvalue weighted by molar-refractivity contribution is 5.95. The second-order valence-corrected chi connectivity index (χ2v) is 10.2. The van der Waals surface area contributed by atoms with E-state index in [-0.39, 0.29) is 24.8 Å². The summed E-state index contributed by atoms with van der Waals surface area (Å²) in [6.45, 7) is 0.265. The molecular formula is C31H36F3N9O5. The average Bonchev–Trinajstić information content (AvgIpc) is 3.04. The Hall–Kier alpha value is -6.00. The number of hydrogen-bond acceptors (Lipinski definition) is 7. The molecule has 48 heavy (non-hydrogen) atoms. The number of guanidine groups is 1. The second kappa shape index (κ2) is 18.2. The number of halogens is 3. The number of nitrogens with one attached hydrogen (secondary N) is 3. The molecular weight excluding hydrogens is 635 g/mol. The fourth-order valence-electron chi connectivity index (χ4n) is 4.23. The summed E-state index contributed by atoms with van der Waals surface area (Å²) in [5, 5.41) is 20.3. The van der Waals surface area contributed by atoms with Crippen LogP contribution < -0.4 is 33.6 Å². The molecule has 1 heterocycles. The van der Waals surface area contributed by atoms with Crippen molar-refractivity contribution in [2.45, 2.75) is 43.4 Å². The zero-order valence-corrected chi connectivity index (χ0v) is 25.5. The molecule has 14 nitrogen and oxygen atoms in total. The van der Waals surface area contributed by atoms with Crippen LogP contribution in [0, 0.1) is 5.41 Å². The summed E-state index contributed by atoms with van der Waals surface area (Å²) in [5.74, 6) is -5.31. The zero-order chi connectivity index (χ0) is 35.9. The number of benzene rings is 2. The van der Waals surface area contributed by atoms with Gasteiger partial charge in [-0.3, -0.25) is 29.8 Å². The largest absolute Gasteiger partial charge is 0.490 e. The fraction of sp³-hybridized carbons (Fsp3) is 0.258. The molecule has 17 heteroatoms. The van der Waals surface area contributed by atoms with E-state index < -0.39 is 47.9 Å². The molecule has 256 valence electrons. The molecule has 1 unspecified atom stereocenters. The maximum absolute atomic E-state index is 13.8. The Balaban J connectivity index is 0.00000103. The highest BCUT2D eigenvalue weighted by Gasteiger charge is 2.38. The number of carboxylic acid groups (broad SMARTS) is 1. The van der Waals surface area contributed by atoms with Crippen molar-refractivity contribution in [2.24, 2.45) is 27.9 Å². The molecule has 3 rings (SSSR count). The van der Waals surface area contributed by atoms with Crippen molar-refractivity contribution in [3.8, 4) is 0 Å². The van der Waals surface area contributed by atoms with Crippen LogP contribution in [0.3, 0.4) is 0 Å². The van der Waals surface area contributed by atoms with Crippen LogP contribution >= 0.6 is 0 Å². The van der Waals surface area contributed by atoms with Crippen LogP contribution in [-0.4, -0.2) is 64.3 Å². The van der Waals surface area contributed by atoms with E-state index >= 15 is 0 Å². The lowest BCUT2D eigenvalue weighted by Gasteiger charge is -2.25. The third-order valence-corrected chi connectivity index (χ3v) is 6.64. The van der Waals surface area contributed by atoms with Gasteiger partial charge in [-0.25, -0.2) is 4.79 Å². The molecule has 3 amide bonds. The topological polar surface area (TPSA) is 266 Å². The van der Waals surface area contributed by atoms with E-state index in [4.69, 9.17) is 38.2 Å². The number of nitrogens with zero attached hydrogens (tertiary/aromatic N) is 2. The van der Waals surface area contributed by atoms with Gasteiger partial charge in [0, 0.05) is 24.5 Å². The third kappa shape index (κ3) is 12.8. The summed E-state index contributed by atoms with van der Waals surface area (Å²) >= 11 is 0. The summed E-state index contributed by atoms with van der Waals surface area (Å²) < 4.78 is 31.7. The van der Waals surface area contributed by atoms with Crippen molar-refractivity contribution in [2.75, 3.05) is 6.54 Å². The van der Waals surface area contributed by atoms with Crippen molar-refractivity contribution in [3.05, 3.63) is 101 Å². The summed E-state index contributed by atoms with van der Waals surface area (Å²) in [5.41, 5.74) is 24.4. The van der Waals surface area contributed by atoms with Gasteiger partial charge in [0.15, 0.2) is 5.96 Å². The quantitative estimate of drug-likeness (QED) is 0.0694. The Bertz CT molecular complexity index is 1570. The number of rotatable bonds is 14. The summed E-state index contributed by atoms with van der Waals surface area (Å²) in [4.78, 5) is 56.4. The lowest BCUT2D eigenvalue weighted by Crippen LogP contribution is -2.50. The number of alkyl halides is 3. The van der Waals surface area contributed by atoms with Crippen molar-refractivity contribution < 1.29 is 37.5 Å². The highest BCUT2D eigenvalue weighted by atomic mass is 19.4. The first-order chi connectivity index (χ1) is 22.6. The van der Waals surface area contributed by atoms with Gasteiger partial charge < -0.3 is 38.7 Å². The van der Waals surface area contributed by atoms with Gasteiger partial charge in [-0.1, -0.05) is 60.7 Å². The molecule has 0 aliphatic heterocycles. The van der Waals surface area contributed by atoms with Crippen LogP contribution in [0.1, 0.15) is 47.1 Å². The molecule has 0 fully saturated rings. The zero-order valence-electron chi connectivity index (χ0n) is 25.5. The first-order valence-corrected chi connectivity index (χ1v) is 14.2. The van der Waals surface area contributed by atoms with Crippen LogP contribution in [0.5, 0.6) is 0 Å². The molecule has 3 atom stereocenters. The molecule has 0 saturated carbocycles. The van der Waals surface area contributed by atoms with Crippen molar-refractivity contribution >= 4 is 35.5 Å². The molecule has 0 saturated heterocycles. The number of hydrogen-bond donors (Lipinski definition) is 8. The molecule has 0 spiro atoms. The number of primary amides is 1. The Kier molecular flexibility index (Phi) is 14.5. The number of nitrogen functional groups attached to an aromatic ring is 1. The van der Waals surface area contributed by atoms with Gasteiger partial charge in [-0.2, -0.15) is 13.2 Å². The Morgan fingerprint density at radius 1 is 0.875 bits per heavy atom. The number of aliphatic carboxylic acids is 1. The Labute approximate surface area is 273 Å². The van der Waals surface area contributed by atoms with Crippen molar-refractivity contribution in [1.29, 1.82) is 5.41 Å². The minimum Gasteiger partial charge on any atom is -0.475 e. The summed E-state index contributed by atoms with van der Waals surface area (Å²) in [6, 6.07) is 17.2. The van der Waals surface area contributed by atoms with Crippen LogP contribution in [0.2, 0.25) is 0 Å². The molecule has 0 bridgehead atoms. The first-order valence-electron chi connectivity index (χ1n) is 14.2. The number of amidine groups is 1. The predicted molar refractivity (Wildman–Crippen MR) is 170 cm³/mol. The van der Waals surface area contributed by atoms with Gasteiger partial charge in [0.05, 0.1) is 5.92 Å². The van der Waals surface area contributed by atoms with Gasteiger partial charge in [0.25, 0.3) is 0 Å². The Morgan fingerprint density at radius 2 is 1.48 bits per heavy atom. The number of pyridine rings is 1. The van der Waals surface area contributed by atoms with Gasteiger partial charge >= 0.3 is 12.1 Å². The number of nitrogens with two attached hydrogens (primary N) is 4. The van der Waals surface area contributed by atoms with Gasteiger partial charge in [-0.15, -0.1) is 0 Å². The second-order valence-electron chi connectivity index (χ2n) is 10.2. The fourth-order valence-corrected chi connectivity index (χ4v) is 4.23. The number of carbonyl (C=O) groups excluding carboxylic acids is 3. The van der Waals surface area contributed by atoms with Crippen LogP contribution in [0.15, 0.2) is 84.1 Å². The van der Waals surface area contributed by atoms with E-state index in [0.717, 1.165) is 5.56 Å². The van der Waals surface area contributed by atoms with Crippen LogP contribution in [0.25, 0.3) is 0 Å². The van der Waals surface area contributed by atoms with Gasteiger partial charge in [-0.05, 0) is 42.0 Å². The number of aromatic nitrogens is 1. The minimum absolute atomic E-state index is 0.0553. The Morgan fingerprint density at radius 3 is 1.98 bits per heavy atom. The maximum atomic E-state index is 13.8. The minimum atomic E-state index is -5.08. The van der Waals surface area contributed by atoms with Gasteiger partial charge in [0.2, 0.25) is 17.7 Å². The average molecular weight is 672 g/mol. The molecule has 1 aromatic heterocycles. The monoisotopic (exact) mass is 671 g/mol. The van der Waals surface area contributed by atoms with E-state index in [1.54, 1.807) is 79.1 Å². The number of aliphatic imine (C=N–C) groups is 1. The SMILES string of the molecule is N=C(N)c1ccc(CC(C(=O)N[C@H](C(=O)N[C@@H](CCCN=C(N)N)C(N)=O)c2ccccc2)c2cccnc2)cc1.O=C(O)C(F)(F)F. The predicted octanol–water partition coefficient (Wildman–Crippen LogP) is 1.21. The number of carboxylic acids is 1. The smallest absolute Gasteiger partial charge is 0.475 e. The maximum Gasteiger partial charge on any atom is 0.490 e. The third-order valence-electron chi connectivity index (χ3n) is 6.64. The molecule has 12 N–H and O–H groups in total. The summed E-state index contributed by atoms with van der Waals surface area (Å²) in [6.07, 6.45) is -0.960. The van der Waals surface area contributed by atoms with Crippen molar-refractivity contribution in [1.82, 2.24) is 15.6 Å². The molecule has 3 aromatic rings. The van der Waals surface area contributed by atoms with E-state index in [2.05, 4.69) is 20.6 Å². The lowest BCUT2D eigenvalue weighted by molar-refractivity contribution is -0.192. The normalized spacial score (nSPS) is 12.6. The number of amides is 3. The number of carbonyl (C=O) groups is 4. The molecule has 0 aliphatic rings. The van der Waals surface area contributed by atoms with E-state index in [9.17, 15) is 27.6 Å². The lowest BCUT2D eigenvalue weighted by atomic mass is 9.91. The molecule has 0 aliphatic carbocycles. The standard InChI is InChI=1S/C29H35N9O3.C2HF3O2/c30-25(31)20-12-10-18(11-13-20)16-22(21-8-4-14-35-17-21)27(40)38-24(19-6-2-1-3-7-19)28(41)37-23(26(32)39)9-5-15-36-29(33)34;3-2(4,5)1(6)7/h1-4,6-8,10-14,17,22-24H,5,9,15-16H2,(H3,30,31)(H2,32,39)(H,37,41)(H,38,40)(H4,33,34,36);(H,6,7)/t22?,23-,24-;/m0./s1. The van der Waals surface area contributed by atoms with E-state index in [1.165, 1.54) is 0 Å². The highest BCUT2D eigenvalue weighted by Crippen LogP contribution is 2.24. The first kappa shape index (κ1) is 38.2. The van der Waals surface area contributed by atoms with E-state index in [0.29, 0.717) is 29.5 Å². The molecule has 0 radical (unpaired) electrons. The van der Waals surface area contributed by atoms with Crippen LogP contribution in [0.4, 0.5) is 13.2 Å². The molecule has 2 aromatic carbocycles. The van der Waals surface area contributed by atoms with Gasteiger partial charge in [0.1, 0.15) is 17.9 Å². The van der Waals surface area contributed by atoms with Crippen molar-refractivity contribution in [3.63, 3.8) is 0 Å². The summed E-state index contributed by atoms with van der Waals surface area (Å²) in [7, 11) is 0.